The Labute approximate surface area is 597 Å². The van der Waals surface area contributed by atoms with Crippen molar-refractivity contribution in [2.75, 3.05) is 19.6 Å². The number of carbonyl (C=O) groups is 12. The molecule has 4 rings (SSSR count). The van der Waals surface area contributed by atoms with Crippen LogP contribution in [-0.2, 0) is 49.6 Å². The largest absolute Gasteiger partial charge is 0.370 e. The summed E-state index contributed by atoms with van der Waals surface area (Å²) in [6, 6.07) is 32.3. The minimum atomic E-state index is -0.794. The Kier molecular flexibility index (Phi) is 45.4. The van der Waals surface area contributed by atoms with Gasteiger partial charge in [0.2, 0.25) is 35.4 Å². The highest BCUT2D eigenvalue weighted by atomic mass is 16.2. The molecule has 0 radical (unpaired) electrons. The summed E-state index contributed by atoms with van der Waals surface area (Å²) in [5, 5.41) is 17.0. The fraction of sp³-hybridized carbons (Fsp3) is 0.532. The molecular formula is C77H116N12O12. The zero-order chi connectivity index (χ0) is 74.9. The normalized spacial score (nSPS) is 13.5. The van der Waals surface area contributed by atoms with Gasteiger partial charge in [0.25, 0.3) is 17.7 Å². The number of ketones is 3. The van der Waals surface area contributed by atoms with Gasteiger partial charge in [-0.3, -0.25) is 57.5 Å². The van der Waals surface area contributed by atoms with Gasteiger partial charge in [-0.05, 0) is 140 Å². The lowest BCUT2D eigenvalue weighted by Gasteiger charge is -2.23. The van der Waals surface area contributed by atoms with Crippen LogP contribution < -0.4 is 66.3 Å². The van der Waals surface area contributed by atoms with Crippen molar-refractivity contribution in [2.45, 2.75) is 225 Å². The first-order valence-corrected chi connectivity index (χ1v) is 35.9. The number of unbranched alkanes of at least 4 members (excludes halogenated alkanes) is 7. The van der Waals surface area contributed by atoms with E-state index in [2.05, 4.69) is 38.8 Å². The Bertz CT molecular complexity index is 3130. The first-order valence-electron chi connectivity index (χ1n) is 35.9. The van der Waals surface area contributed by atoms with Crippen LogP contribution in [-0.4, -0.2) is 126 Å². The molecule has 0 saturated heterocycles. The Morgan fingerprint density at radius 1 is 0.317 bits per heavy atom. The second kappa shape index (κ2) is 52.1. The van der Waals surface area contributed by atoms with Gasteiger partial charge in [0.1, 0.15) is 0 Å². The van der Waals surface area contributed by atoms with Crippen LogP contribution >= 0.6 is 0 Å². The molecule has 0 heterocycles. The minimum absolute atomic E-state index is 0.0129. The summed E-state index contributed by atoms with van der Waals surface area (Å²) in [6.07, 6.45) is 12.9. The molecule has 4 aromatic rings. The van der Waals surface area contributed by atoms with Gasteiger partial charge in [-0.25, -0.2) is 0 Å². The second-order valence-electron chi connectivity index (χ2n) is 26.1. The quantitative estimate of drug-likeness (QED) is 0.0198. The van der Waals surface area contributed by atoms with Gasteiger partial charge in [-0.2, -0.15) is 0 Å². The van der Waals surface area contributed by atoms with Gasteiger partial charge >= 0.3 is 0 Å². The van der Waals surface area contributed by atoms with Gasteiger partial charge in [0.15, 0.2) is 17.3 Å². The average Bonchev–Trinajstić information content (AvgIpc) is 0.996. The molecule has 0 saturated carbocycles. The van der Waals surface area contributed by atoms with E-state index in [-0.39, 0.29) is 91.3 Å². The monoisotopic (exact) mass is 1400 g/mol. The zero-order valence-corrected chi connectivity index (χ0v) is 60.2. The molecule has 0 spiro atoms. The lowest BCUT2D eigenvalue weighted by Crippen LogP contribution is -2.45. The summed E-state index contributed by atoms with van der Waals surface area (Å²) in [5.74, 6) is -5.60. The molecule has 24 nitrogen and oxygen atoms in total. The number of Topliss-reactive ketones (excluding diaryl/α,β-unsaturated/α-hetero) is 3. The number of rotatable bonds is 49. The number of benzene rings is 4. The van der Waals surface area contributed by atoms with Crippen LogP contribution in [0.5, 0.6) is 0 Å². The second-order valence-corrected chi connectivity index (χ2v) is 26.1. The number of nitrogens with one attached hydrogen (secondary N) is 6. The van der Waals surface area contributed by atoms with Crippen molar-refractivity contribution >= 4 is 70.5 Å². The maximum absolute atomic E-state index is 13.4. The SMILES string of the molecule is CCCCCC[C@H](NC(=O)c1ccccc1)C(=O)C[C@@H](CCCCN)C(=O)N[C@H](C)CC(N)=O.CCCC[C@H](NC(=O)c1ccccc1)C(=O)C[C@@H](CCCCN)C(=O)N[C@H](C)CC(N)=O.C[C@H](CC(N)=O)NC(=O)[C@H](CCCCN)CC(=O)[C@H](Cc1ccccc1)NC(=O)c1ccccc1. The highest BCUT2D eigenvalue weighted by Crippen LogP contribution is 2.22. The van der Waals surface area contributed by atoms with Crippen LogP contribution in [0.15, 0.2) is 121 Å². The molecule has 4 aromatic carbocycles. The topological polar surface area (TPSA) is 433 Å². The maximum Gasteiger partial charge on any atom is 0.251 e. The standard InChI is InChI=1S/C27H36N4O4.C26H42N4O4.C24H38N4O4/c1-19(16-25(29)33)30-27(35)22(14-8-9-15-28)18-24(32)23(17-20-10-4-2-5-11-20)31-26(34)21-12-6-3-7-13-21;1-3-4-5-9-15-22(30-25(33)20-12-7-6-8-13-20)23(31)18-21(14-10-11-16-27)26(34)29-19(2)17-24(28)32;1-3-4-13-20(28-23(31)18-10-6-5-7-11-18)21(29)16-19(12-8-9-14-25)24(32)27-17(2)15-22(26)30/h2-7,10-13,19,22-23H,8-9,14-18,28H2,1H3,(H2,29,33)(H,30,35)(H,31,34);6-8,12-13,19,21-22H,3-5,9-11,14-18,27H2,1-2H3,(H2,28,32)(H,29,34)(H,30,33);5-7,10-11,17,19-20H,3-4,8-9,12-16,25H2,1-2H3,(H2,26,30)(H,27,32)(H,28,31)/t19-,22-,23+;19-,21-,22+;17-,19-,20+/m111/s1. The summed E-state index contributed by atoms with van der Waals surface area (Å²) < 4.78 is 0. The van der Waals surface area contributed by atoms with Crippen LogP contribution in [0, 0.1) is 17.8 Å². The van der Waals surface area contributed by atoms with Crippen molar-refractivity contribution in [2.24, 2.45) is 52.2 Å². The summed E-state index contributed by atoms with van der Waals surface area (Å²) in [7, 11) is 0. The third kappa shape index (κ3) is 39.0. The van der Waals surface area contributed by atoms with E-state index in [1.165, 1.54) is 0 Å². The van der Waals surface area contributed by atoms with E-state index < -0.39 is 71.7 Å². The van der Waals surface area contributed by atoms with Crippen LogP contribution in [0.1, 0.15) is 219 Å². The van der Waals surface area contributed by atoms with Crippen LogP contribution in [0.4, 0.5) is 0 Å². The summed E-state index contributed by atoms with van der Waals surface area (Å²) in [6.45, 7) is 10.7. The fourth-order valence-corrected chi connectivity index (χ4v) is 11.3. The predicted octanol–water partition coefficient (Wildman–Crippen LogP) is 7.01. The maximum atomic E-state index is 13.4. The van der Waals surface area contributed by atoms with E-state index in [4.69, 9.17) is 34.4 Å². The molecule has 9 atom stereocenters. The lowest BCUT2D eigenvalue weighted by molar-refractivity contribution is -0.131. The number of hydrogen-bond donors (Lipinski definition) is 12. The molecule has 0 aromatic heterocycles. The fourth-order valence-electron chi connectivity index (χ4n) is 11.3. The van der Waals surface area contributed by atoms with Crippen molar-refractivity contribution in [3.8, 4) is 0 Å². The predicted molar refractivity (Wildman–Crippen MR) is 394 cm³/mol. The van der Waals surface area contributed by atoms with Gasteiger partial charge < -0.3 is 66.3 Å². The van der Waals surface area contributed by atoms with Crippen LogP contribution in [0.3, 0.4) is 0 Å². The van der Waals surface area contributed by atoms with E-state index in [0.29, 0.717) is 94.1 Å². The molecule has 101 heavy (non-hydrogen) atoms. The molecule has 0 aliphatic heterocycles. The van der Waals surface area contributed by atoms with E-state index in [1.807, 2.05) is 55.5 Å². The Balaban J connectivity index is 0.000000516. The highest BCUT2D eigenvalue weighted by molar-refractivity contribution is 6.01. The lowest BCUT2D eigenvalue weighted by atomic mass is 9.90. The van der Waals surface area contributed by atoms with Crippen molar-refractivity contribution in [1.29, 1.82) is 0 Å². The molecule has 24 heteroatoms. The number of hydrogen-bond acceptors (Lipinski definition) is 15. The smallest absolute Gasteiger partial charge is 0.251 e. The van der Waals surface area contributed by atoms with Crippen molar-refractivity contribution in [3.63, 3.8) is 0 Å². The molecule has 0 unspecified atom stereocenters. The van der Waals surface area contributed by atoms with Crippen LogP contribution in [0.25, 0.3) is 0 Å². The highest BCUT2D eigenvalue weighted by Gasteiger charge is 2.32. The number of amides is 9. The Hall–Kier alpha value is -9.00. The molecule has 556 valence electrons. The van der Waals surface area contributed by atoms with E-state index >= 15 is 0 Å². The summed E-state index contributed by atoms with van der Waals surface area (Å²) >= 11 is 0. The molecular weight excluding hydrogens is 1280 g/mol. The van der Waals surface area contributed by atoms with Crippen molar-refractivity contribution in [3.05, 3.63) is 144 Å². The number of nitrogens with two attached hydrogens (primary N) is 6. The summed E-state index contributed by atoms with van der Waals surface area (Å²) in [4.78, 5) is 150. The van der Waals surface area contributed by atoms with Gasteiger partial charge in [0, 0.05) is 91.1 Å². The van der Waals surface area contributed by atoms with Crippen LogP contribution in [0.2, 0.25) is 0 Å². The van der Waals surface area contributed by atoms with E-state index in [0.717, 1.165) is 63.4 Å². The third-order valence-electron chi connectivity index (χ3n) is 16.8. The number of primary amides is 3. The molecule has 0 bridgehead atoms. The van der Waals surface area contributed by atoms with Gasteiger partial charge in [-0.15, -0.1) is 0 Å². The molecule has 0 fully saturated rings. The van der Waals surface area contributed by atoms with E-state index in [9.17, 15) is 57.5 Å². The Morgan fingerprint density at radius 2 is 0.594 bits per heavy atom. The molecule has 0 aliphatic carbocycles. The Morgan fingerprint density at radius 3 is 0.891 bits per heavy atom. The third-order valence-corrected chi connectivity index (χ3v) is 16.8. The minimum Gasteiger partial charge on any atom is -0.370 e. The van der Waals surface area contributed by atoms with Crippen molar-refractivity contribution in [1.82, 2.24) is 31.9 Å². The molecule has 9 amide bonds. The van der Waals surface area contributed by atoms with Gasteiger partial charge in [0.05, 0.1) is 18.1 Å². The molecule has 0 aliphatic rings. The summed E-state index contributed by atoms with van der Waals surface area (Å²) in [5.41, 5.74) is 34.8. The zero-order valence-electron chi connectivity index (χ0n) is 60.2. The van der Waals surface area contributed by atoms with Gasteiger partial charge in [-0.1, -0.05) is 157 Å². The van der Waals surface area contributed by atoms with Crippen molar-refractivity contribution < 1.29 is 57.5 Å². The average molecular weight is 1400 g/mol. The molecule has 18 N–H and O–H groups in total. The number of carbonyl (C=O) groups excluding carboxylic acids is 12. The van der Waals surface area contributed by atoms with E-state index in [1.54, 1.807) is 93.6 Å². The first kappa shape index (κ1) is 88.1. The first-order chi connectivity index (χ1) is 48.3.